The number of benzene rings is 8. The van der Waals surface area contributed by atoms with Crippen molar-refractivity contribution in [3.63, 3.8) is 0 Å². The molecular formula is C48H31NS2. The Morgan fingerprint density at radius 2 is 0.647 bits per heavy atom. The fourth-order valence-corrected chi connectivity index (χ4v) is 9.89. The largest absolute Gasteiger partial charge is 0.311 e. The van der Waals surface area contributed by atoms with Crippen LogP contribution < -0.4 is 4.90 Å². The molecule has 0 aliphatic rings. The van der Waals surface area contributed by atoms with Gasteiger partial charge in [0.1, 0.15) is 0 Å². The number of hydrogen-bond donors (Lipinski definition) is 0. The highest BCUT2D eigenvalue weighted by molar-refractivity contribution is 7.26. The standard InChI is InChI=1S/C48H31NS2/c1-2-10-32(11-3-1)33-20-26-36(27-21-33)49(37-28-22-34(23-29-37)39-14-8-16-43-41-12-4-6-18-45(41)50-47(39)43)38-30-24-35(25-31-38)40-15-9-17-44-42-13-5-7-19-46(42)51-48(40)44/h1-31H. The van der Waals surface area contributed by atoms with Gasteiger partial charge in [-0.05, 0) is 81.9 Å². The Morgan fingerprint density at radius 3 is 1.12 bits per heavy atom. The summed E-state index contributed by atoms with van der Waals surface area (Å²) >= 11 is 3.76. The molecule has 0 spiro atoms. The van der Waals surface area contributed by atoms with Gasteiger partial charge in [-0.1, -0.05) is 140 Å². The molecule has 0 atom stereocenters. The number of fused-ring (bicyclic) bond motifs is 6. The van der Waals surface area contributed by atoms with Crippen molar-refractivity contribution >= 4 is 80.1 Å². The van der Waals surface area contributed by atoms with Crippen molar-refractivity contribution in [1.82, 2.24) is 0 Å². The SMILES string of the molecule is c1ccc(-c2ccc(N(c3ccc(-c4cccc5c4sc4ccccc45)cc3)c3ccc(-c4cccc5c4sc4ccccc45)cc3)cc2)cc1. The van der Waals surface area contributed by atoms with E-state index in [2.05, 4.69) is 193 Å². The lowest BCUT2D eigenvalue weighted by Crippen LogP contribution is -2.09. The van der Waals surface area contributed by atoms with E-state index in [1.54, 1.807) is 0 Å². The van der Waals surface area contributed by atoms with E-state index in [0.717, 1.165) is 17.1 Å². The molecule has 51 heavy (non-hydrogen) atoms. The normalized spacial score (nSPS) is 11.5. The van der Waals surface area contributed by atoms with Crippen molar-refractivity contribution < 1.29 is 0 Å². The van der Waals surface area contributed by atoms with Gasteiger partial charge < -0.3 is 4.90 Å². The number of rotatable bonds is 6. The van der Waals surface area contributed by atoms with Crippen molar-refractivity contribution in [1.29, 1.82) is 0 Å². The molecule has 2 heterocycles. The number of hydrogen-bond acceptors (Lipinski definition) is 3. The van der Waals surface area contributed by atoms with E-state index in [0.29, 0.717) is 0 Å². The molecule has 3 heteroatoms. The van der Waals surface area contributed by atoms with Gasteiger partial charge in [0.25, 0.3) is 0 Å². The topological polar surface area (TPSA) is 3.24 Å². The first-order valence-electron chi connectivity index (χ1n) is 17.3. The Labute approximate surface area is 304 Å². The molecule has 10 rings (SSSR count). The van der Waals surface area contributed by atoms with Crippen LogP contribution >= 0.6 is 22.7 Å². The Morgan fingerprint density at radius 1 is 0.275 bits per heavy atom. The molecule has 0 aliphatic heterocycles. The van der Waals surface area contributed by atoms with Crippen LogP contribution in [0.2, 0.25) is 0 Å². The predicted octanol–water partition coefficient (Wildman–Crippen LogP) is 14.9. The minimum atomic E-state index is 1.12. The van der Waals surface area contributed by atoms with Crippen LogP contribution in [0.4, 0.5) is 17.1 Å². The van der Waals surface area contributed by atoms with Crippen LogP contribution in [0, 0.1) is 0 Å². The first-order chi connectivity index (χ1) is 25.3. The molecule has 0 radical (unpaired) electrons. The first kappa shape index (κ1) is 29.9. The molecule has 10 aromatic rings. The molecule has 8 aromatic carbocycles. The lowest BCUT2D eigenvalue weighted by atomic mass is 10.0. The summed E-state index contributed by atoms with van der Waals surface area (Å²) in [7, 11) is 0. The summed E-state index contributed by atoms with van der Waals surface area (Å²) in [5.74, 6) is 0. The third-order valence-corrected chi connectivity index (χ3v) is 12.4. The van der Waals surface area contributed by atoms with Gasteiger partial charge in [0, 0.05) is 57.4 Å². The number of thiophene rings is 2. The van der Waals surface area contributed by atoms with Crippen LogP contribution in [0.25, 0.3) is 73.7 Å². The van der Waals surface area contributed by atoms with Crippen molar-refractivity contribution in [2.45, 2.75) is 0 Å². The maximum atomic E-state index is 2.36. The molecule has 2 aromatic heterocycles. The summed E-state index contributed by atoms with van der Waals surface area (Å²) in [5, 5.41) is 5.30. The van der Waals surface area contributed by atoms with Gasteiger partial charge in [-0.25, -0.2) is 0 Å². The van der Waals surface area contributed by atoms with Crippen molar-refractivity contribution in [3.8, 4) is 33.4 Å². The van der Waals surface area contributed by atoms with Crippen LogP contribution in [0.5, 0.6) is 0 Å². The van der Waals surface area contributed by atoms with Crippen LogP contribution in [-0.2, 0) is 0 Å². The van der Waals surface area contributed by atoms with Crippen LogP contribution in [0.1, 0.15) is 0 Å². The fourth-order valence-electron chi connectivity index (χ4n) is 7.41. The molecule has 0 aliphatic carbocycles. The maximum Gasteiger partial charge on any atom is 0.0462 e. The average molecular weight is 686 g/mol. The molecule has 0 fully saturated rings. The predicted molar refractivity (Wildman–Crippen MR) is 223 cm³/mol. The molecule has 0 amide bonds. The van der Waals surface area contributed by atoms with Gasteiger partial charge in [-0.3, -0.25) is 0 Å². The Balaban J connectivity index is 1.06. The molecule has 0 saturated carbocycles. The fraction of sp³-hybridized carbons (Fsp3) is 0. The monoisotopic (exact) mass is 685 g/mol. The van der Waals surface area contributed by atoms with Crippen LogP contribution in [0.3, 0.4) is 0 Å². The van der Waals surface area contributed by atoms with Crippen molar-refractivity contribution in [2.24, 2.45) is 0 Å². The molecule has 0 unspecified atom stereocenters. The van der Waals surface area contributed by atoms with Gasteiger partial charge in [0.15, 0.2) is 0 Å². The Hall–Kier alpha value is -6.00. The quantitative estimate of drug-likeness (QED) is 0.168. The minimum Gasteiger partial charge on any atom is -0.311 e. The second-order valence-corrected chi connectivity index (χ2v) is 15.0. The van der Waals surface area contributed by atoms with Gasteiger partial charge in [-0.15, -0.1) is 22.7 Å². The van der Waals surface area contributed by atoms with Crippen molar-refractivity contribution in [3.05, 3.63) is 188 Å². The van der Waals surface area contributed by atoms with E-state index in [4.69, 9.17) is 0 Å². The number of nitrogens with zero attached hydrogens (tertiary/aromatic N) is 1. The van der Waals surface area contributed by atoms with Crippen molar-refractivity contribution in [2.75, 3.05) is 4.90 Å². The zero-order valence-corrected chi connectivity index (χ0v) is 29.3. The van der Waals surface area contributed by atoms with E-state index in [9.17, 15) is 0 Å². The van der Waals surface area contributed by atoms with E-state index in [-0.39, 0.29) is 0 Å². The summed E-state index contributed by atoms with van der Waals surface area (Å²) in [4.78, 5) is 2.36. The third-order valence-electron chi connectivity index (χ3n) is 9.91. The van der Waals surface area contributed by atoms with Crippen LogP contribution in [0.15, 0.2) is 188 Å². The van der Waals surface area contributed by atoms with E-state index in [1.165, 1.54) is 73.7 Å². The van der Waals surface area contributed by atoms with E-state index in [1.807, 2.05) is 22.7 Å². The Kier molecular flexibility index (Phi) is 7.26. The molecule has 0 N–H and O–H groups in total. The smallest absolute Gasteiger partial charge is 0.0462 e. The van der Waals surface area contributed by atoms with Gasteiger partial charge >= 0.3 is 0 Å². The second-order valence-electron chi connectivity index (χ2n) is 12.9. The van der Waals surface area contributed by atoms with Gasteiger partial charge in [0.2, 0.25) is 0 Å². The molecular weight excluding hydrogens is 655 g/mol. The summed E-state index contributed by atoms with van der Waals surface area (Å²) in [6.45, 7) is 0. The lowest BCUT2D eigenvalue weighted by Gasteiger charge is -2.26. The zero-order chi connectivity index (χ0) is 33.7. The number of anilines is 3. The Bertz CT molecular complexity index is 2670. The first-order valence-corrected chi connectivity index (χ1v) is 18.9. The minimum absolute atomic E-state index is 1.12. The molecule has 1 nitrogen and oxygen atoms in total. The summed E-state index contributed by atoms with van der Waals surface area (Å²) in [5.41, 5.74) is 10.8. The lowest BCUT2D eigenvalue weighted by molar-refractivity contribution is 1.28. The molecule has 0 bridgehead atoms. The zero-order valence-electron chi connectivity index (χ0n) is 27.7. The average Bonchev–Trinajstić information content (AvgIpc) is 3.78. The van der Waals surface area contributed by atoms with E-state index < -0.39 is 0 Å². The highest BCUT2D eigenvalue weighted by atomic mass is 32.1. The molecule has 240 valence electrons. The summed E-state index contributed by atoms with van der Waals surface area (Å²) in [6, 6.07) is 68.5. The molecule has 0 saturated heterocycles. The van der Waals surface area contributed by atoms with Crippen LogP contribution in [-0.4, -0.2) is 0 Å². The maximum absolute atomic E-state index is 2.36. The summed E-state index contributed by atoms with van der Waals surface area (Å²) < 4.78 is 5.33. The van der Waals surface area contributed by atoms with Gasteiger partial charge in [-0.2, -0.15) is 0 Å². The highest BCUT2D eigenvalue weighted by Gasteiger charge is 2.16. The highest BCUT2D eigenvalue weighted by Crippen LogP contribution is 2.43. The second kappa shape index (κ2) is 12.4. The van der Waals surface area contributed by atoms with Gasteiger partial charge in [0.05, 0.1) is 0 Å². The third kappa shape index (κ3) is 5.21. The van der Waals surface area contributed by atoms with E-state index >= 15 is 0 Å². The summed E-state index contributed by atoms with van der Waals surface area (Å²) in [6.07, 6.45) is 0.